The SMILES string of the molecule is CC(C)S(CC(=O)C(C)(C)C)([OH+]S(=O)(=O)C(F)(F)F)C(C)C. The molecule has 134 valence electrons. The molecule has 0 aromatic carbocycles. The molecular formula is C13H26F3O4S2+. The quantitative estimate of drug-likeness (QED) is 0.404. The molecule has 0 unspecified atom stereocenters. The fraction of sp³-hybridized carbons (Fsp3) is 0.923. The Hall–Kier alpha value is -0.280. The number of carbonyl (C=O) groups is 1. The highest BCUT2D eigenvalue weighted by Crippen LogP contribution is 2.58. The summed E-state index contributed by atoms with van der Waals surface area (Å²) in [7, 11) is -8.31. The highest BCUT2D eigenvalue weighted by molar-refractivity contribution is 8.33. The van der Waals surface area contributed by atoms with Gasteiger partial charge in [0, 0.05) is 15.9 Å². The number of carbonyl (C=O) groups excluding carboxylic acids is 1. The average Bonchev–Trinajstić information content (AvgIpc) is 2.23. The summed E-state index contributed by atoms with van der Waals surface area (Å²) in [5, 5.41) is -0.924. The maximum absolute atomic E-state index is 12.7. The summed E-state index contributed by atoms with van der Waals surface area (Å²) in [5.74, 6) is -0.549. The van der Waals surface area contributed by atoms with Gasteiger partial charge in [-0.05, 0) is 38.0 Å². The monoisotopic (exact) mass is 367 g/mol. The van der Waals surface area contributed by atoms with Gasteiger partial charge in [-0.3, -0.25) is 8.42 Å². The first-order chi connectivity index (χ1) is 9.47. The second-order valence-electron chi connectivity index (χ2n) is 6.72. The van der Waals surface area contributed by atoms with E-state index in [9.17, 15) is 26.4 Å². The molecule has 0 amide bonds. The summed E-state index contributed by atoms with van der Waals surface area (Å²) < 4.78 is 64.5. The molecule has 0 fully saturated rings. The molecule has 0 spiro atoms. The molecule has 0 aliphatic heterocycles. The van der Waals surface area contributed by atoms with Crippen molar-refractivity contribution in [3.8, 4) is 0 Å². The van der Waals surface area contributed by atoms with Crippen LogP contribution < -0.4 is 0 Å². The Morgan fingerprint density at radius 1 is 1.00 bits per heavy atom. The van der Waals surface area contributed by atoms with Crippen molar-refractivity contribution < 1.29 is 30.0 Å². The van der Waals surface area contributed by atoms with Crippen molar-refractivity contribution in [2.24, 2.45) is 5.41 Å². The Morgan fingerprint density at radius 2 is 1.36 bits per heavy atom. The van der Waals surface area contributed by atoms with Crippen LogP contribution in [0.4, 0.5) is 13.2 Å². The number of ketones is 1. The highest BCUT2D eigenvalue weighted by atomic mass is 32.3. The second kappa shape index (κ2) is 6.68. The molecule has 1 N–H and O–H groups in total. The molecule has 0 aromatic rings. The Morgan fingerprint density at radius 3 is 1.59 bits per heavy atom. The van der Waals surface area contributed by atoms with Crippen molar-refractivity contribution in [1.29, 1.82) is 0 Å². The molecule has 0 radical (unpaired) electrons. The number of hydrogen-bond acceptors (Lipinski definition) is 3. The molecule has 0 saturated heterocycles. The second-order valence-corrected chi connectivity index (χ2v) is 12.5. The Labute approximate surface area is 132 Å². The van der Waals surface area contributed by atoms with Crippen LogP contribution in [0.2, 0.25) is 0 Å². The summed E-state index contributed by atoms with van der Waals surface area (Å²) in [6, 6.07) is 0. The summed E-state index contributed by atoms with van der Waals surface area (Å²) in [6.45, 7) is 11.4. The van der Waals surface area contributed by atoms with Gasteiger partial charge in [0.1, 0.15) is 0 Å². The van der Waals surface area contributed by atoms with Gasteiger partial charge < -0.3 is 0 Å². The maximum Gasteiger partial charge on any atom is 0.572 e. The first-order valence-corrected chi connectivity index (χ1v) is 10.2. The molecule has 0 saturated carbocycles. The average molecular weight is 367 g/mol. The number of hydrogen-bond donors (Lipinski definition) is 0. The summed E-state index contributed by atoms with van der Waals surface area (Å²) in [5.41, 5.74) is -6.21. The van der Waals surface area contributed by atoms with Crippen LogP contribution in [0.1, 0.15) is 48.5 Å². The minimum absolute atomic E-state index is 0.263. The molecule has 0 aromatic heterocycles. The summed E-state index contributed by atoms with van der Waals surface area (Å²) >= 11 is 0. The van der Waals surface area contributed by atoms with E-state index < -0.39 is 41.9 Å². The smallest absolute Gasteiger partial charge is 0.298 e. The third-order valence-corrected chi connectivity index (χ3v) is 9.83. The molecule has 9 heteroatoms. The Bertz CT molecular complexity index is 494. The lowest BCUT2D eigenvalue weighted by Crippen LogP contribution is -2.40. The molecular weight excluding hydrogens is 341 g/mol. The molecule has 0 bridgehead atoms. The Kier molecular flexibility index (Phi) is 6.60. The van der Waals surface area contributed by atoms with Crippen LogP contribution in [0.15, 0.2) is 0 Å². The lowest BCUT2D eigenvalue weighted by Gasteiger charge is -2.41. The van der Waals surface area contributed by atoms with Crippen LogP contribution in [0.25, 0.3) is 0 Å². The largest absolute Gasteiger partial charge is 0.572 e. The van der Waals surface area contributed by atoms with Gasteiger partial charge in [0.2, 0.25) is 0 Å². The minimum Gasteiger partial charge on any atom is -0.298 e. The molecule has 0 rings (SSSR count). The minimum atomic E-state index is -5.63. The van der Waals surface area contributed by atoms with E-state index in [1.807, 2.05) is 0 Å². The molecule has 22 heavy (non-hydrogen) atoms. The van der Waals surface area contributed by atoms with E-state index >= 15 is 0 Å². The van der Waals surface area contributed by atoms with Crippen molar-refractivity contribution in [2.75, 3.05) is 5.75 Å². The first-order valence-electron chi connectivity index (χ1n) is 6.85. The number of alkyl halides is 3. The van der Waals surface area contributed by atoms with E-state index in [0.717, 1.165) is 0 Å². The predicted octanol–water partition coefficient (Wildman–Crippen LogP) is 4.08. The van der Waals surface area contributed by atoms with Crippen LogP contribution in [-0.4, -0.2) is 39.6 Å². The zero-order valence-corrected chi connectivity index (χ0v) is 15.6. The van der Waals surface area contributed by atoms with Crippen LogP contribution >= 0.6 is 10.3 Å². The molecule has 4 nitrogen and oxygen atoms in total. The van der Waals surface area contributed by atoms with Crippen LogP contribution in [-0.2, 0) is 14.9 Å². The van der Waals surface area contributed by atoms with Gasteiger partial charge in [0.05, 0.1) is 5.75 Å². The van der Waals surface area contributed by atoms with E-state index in [-0.39, 0.29) is 11.5 Å². The molecule has 0 heterocycles. The molecule has 0 atom stereocenters. The molecule has 0 aliphatic rings. The van der Waals surface area contributed by atoms with Gasteiger partial charge in [0.15, 0.2) is 5.78 Å². The van der Waals surface area contributed by atoms with E-state index in [4.69, 9.17) is 0 Å². The number of rotatable bonds is 6. The standard InChI is InChI=1S/C13H25F3O4S2/c1-9(2)21(10(3)4,8-11(17)12(5,6)7)20-22(18,19)13(14,15)16/h9-10H,8H2,1-7H3/p+1. The van der Waals surface area contributed by atoms with Crippen LogP contribution in [0.3, 0.4) is 0 Å². The van der Waals surface area contributed by atoms with Gasteiger partial charge in [-0.2, -0.15) is 13.2 Å². The zero-order chi connectivity index (χ0) is 18.1. The van der Waals surface area contributed by atoms with Gasteiger partial charge in [-0.15, -0.1) is 8.42 Å². The van der Waals surface area contributed by atoms with Gasteiger partial charge in [-0.1, -0.05) is 20.8 Å². The van der Waals surface area contributed by atoms with Crippen LogP contribution in [0.5, 0.6) is 0 Å². The van der Waals surface area contributed by atoms with Crippen molar-refractivity contribution in [2.45, 2.75) is 64.5 Å². The fourth-order valence-electron chi connectivity index (χ4n) is 1.73. The van der Waals surface area contributed by atoms with Crippen LogP contribution in [0, 0.1) is 5.41 Å². The normalized spacial score (nSPS) is 15.5. The third kappa shape index (κ3) is 4.86. The highest BCUT2D eigenvalue weighted by Gasteiger charge is 2.58. The number of halogens is 3. The topological polar surface area (TPSA) is 64.0 Å². The fourth-order valence-corrected chi connectivity index (χ4v) is 7.72. The lowest BCUT2D eigenvalue weighted by atomic mass is 9.92. The van der Waals surface area contributed by atoms with Crippen molar-refractivity contribution in [3.63, 3.8) is 0 Å². The summed E-state index contributed by atoms with van der Waals surface area (Å²) in [6.07, 6.45) is 0. The summed E-state index contributed by atoms with van der Waals surface area (Å²) in [4.78, 5) is 12.3. The van der Waals surface area contributed by atoms with E-state index in [2.05, 4.69) is 3.63 Å². The molecule has 0 aliphatic carbocycles. The van der Waals surface area contributed by atoms with Crippen molar-refractivity contribution in [3.05, 3.63) is 0 Å². The van der Waals surface area contributed by atoms with Gasteiger partial charge >= 0.3 is 15.6 Å². The number of Topliss-reactive ketones (excluding diaryl/α,β-unsaturated/α-hetero) is 1. The van der Waals surface area contributed by atoms with Gasteiger partial charge in [-0.25, -0.2) is 0 Å². The van der Waals surface area contributed by atoms with E-state index in [1.165, 1.54) is 0 Å². The Balaban J connectivity index is 5.90. The third-order valence-electron chi connectivity index (χ3n) is 3.36. The lowest BCUT2D eigenvalue weighted by molar-refractivity contribution is -0.123. The van der Waals surface area contributed by atoms with Crippen molar-refractivity contribution in [1.82, 2.24) is 0 Å². The first kappa shape index (κ1) is 21.7. The van der Waals surface area contributed by atoms with E-state index in [0.29, 0.717) is 0 Å². The predicted molar refractivity (Wildman–Crippen MR) is 84.8 cm³/mol. The van der Waals surface area contributed by atoms with E-state index in [1.54, 1.807) is 48.5 Å². The zero-order valence-electron chi connectivity index (χ0n) is 14.0. The van der Waals surface area contributed by atoms with Gasteiger partial charge in [0.25, 0.3) is 0 Å². The van der Waals surface area contributed by atoms with Crippen molar-refractivity contribution >= 4 is 26.2 Å². The maximum atomic E-state index is 12.7.